The van der Waals surface area contributed by atoms with Crippen molar-refractivity contribution in [1.29, 1.82) is 10.7 Å². The second kappa shape index (κ2) is 9.05. The number of nitriles is 1. The molecule has 2 unspecified atom stereocenters. The monoisotopic (exact) mass is 465 g/mol. The first-order valence-electron chi connectivity index (χ1n) is 12.2. The summed E-state index contributed by atoms with van der Waals surface area (Å²) < 4.78 is 12.2. The van der Waals surface area contributed by atoms with E-state index in [1.165, 1.54) is 11.8 Å². The Hall–Kier alpha value is -3.89. The number of fused-ring (bicyclic) bond motifs is 3. The molecule has 2 aromatic carbocycles. The average Bonchev–Trinajstić information content (AvgIpc) is 2.88. The second-order valence-electron chi connectivity index (χ2n) is 9.47. The maximum absolute atomic E-state index is 9.23. The number of aromatic nitrogens is 1. The van der Waals surface area contributed by atoms with Crippen molar-refractivity contribution >= 4 is 23.4 Å². The SMILES string of the molecule is N#Cc1ccc2c(c1)CCC[C@@H]2Oc1ccc(C=N)c(Nc2ccnc(N3CC4CC(C3)O4)c2)c1. The zero-order valence-corrected chi connectivity index (χ0v) is 19.4. The number of rotatable bonds is 6. The summed E-state index contributed by atoms with van der Waals surface area (Å²) in [6, 6.07) is 17.9. The van der Waals surface area contributed by atoms with E-state index in [4.69, 9.17) is 14.9 Å². The van der Waals surface area contributed by atoms with Gasteiger partial charge in [0, 0.05) is 55.3 Å². The molecule has 1 aromatic heterocycles. The molecule has 35 heavy (non-hydrogen) atoms. The molecule has 176 valence electrons. The van der Waals surface area contributed by atoms with Crippen LogP contribution < -0.4 is 15.0 Å². The lowest BCUT2D eigenvalue weighted by molar-refractivity contribution is -0.133. The van der Waals surface area contributed by atoms with E-state index in [1.54, 1.807) is 0 Å². The molecular weight excluding hydrogens is 438 g/mol. The van der Waals surface area contributed by atoms with Crippen molar-refractivity contribution in [3.05, 3.63) is 77.0 Å². The standard InChI is InChI=1S/C28H27N5O2/c29-14-18-4-7-25-19(10-18)2-1-3-27(25)35-22-6-5-20(15-30)26(13-22)32-21-8-9-31-28(11-21)33-16-23-12-24(17-33)34-23/h4-11,13,15,23-24,27,30H,1-3,12,16-17H2,(H,31,32)/t23?,24?,27-/m0/s1. The summed E-state index contributed by atoms with van der Waals surface area (Å²) in [7, 11) is 0. The zero-order chi connectivity index (χ0) is 23.8. The van der Waals surface area contributed by atoms with Crippen LogP contribution in [-0.4, -0.2) is 36.5 Å². The van der Waals surface area contributed by atoms with Crippen molar-refractivity contribution < 1.29 is 9.47 Å². The molecule has 7 heteroatoms. The molecule has 2 N–H and O–H groups in total. The Labute approximate surface area is 204 Å². The van der Waals surface area contributed by atoms with Crippen LogP contribution in [0.3, 0.4) is 0 Å². The largest absolute Gasteiger partial charge is 0.486 e. The Morgan fingerprint density at radius 3 is 2.80 bits per heavy atom. The Kier molecular flexibility index (Phi) is 5.59. The number of ether oxygens (including phenoxy) is 2. The molecule has 4 aliphatic rings. The molecule has 2 bridgehead atoms. The van der Waals surface area contributed by atoms with Crippen molar-refractivity contribution in [3.63, 3.8) is 0 Å². The fraction of sp³-hybridized carbons (Fsp3) is 0.321. The van der Waals surface area contributed by atoms with Gasteiger partial charge in [-0.1, -0.05) is 6.07 Å². The van der Waals surface area contributed by atoms with E-state index in [2.05, 4.69) is 27.3 Å². The molecule has 3 aliphatic heterocycles. The van der Waals surface area contributed by atoms with Crippen molar-refractivity contribution in [2.45, 2.75) is 44.0 Å². The lowest BCUT2D eigenvalue weighted by Gasteiger charge is -2.47. The third-order valence-corrected chi connectivity index (χ3v) is 7.10. The lowest BCUT2D eigenvalue weighted by Crippen LogP contribution is -2.57. The third kappa shape index (κ3) is 4.33. The van der Waals surface area contributed by atoms with Gasteiger partial charge in [-0.3, -0.25) is 0 Å². The van der Waals surface area contributed by atoms with Crippen LogP contribution in [0.2, 0.25) is 0 Å². The molecule has 0 amide bonds. The summed E-state index contributed by atoms with van der Waals surface area (Å²) in [6.45, 7) is 1.75. The fourth-order valence-electron chi connectivity index (χ4n) is 5.34. The number of anilines is 3. The van der Waals surface area contributed by atoms with Crippen molar-refractivity contribution in [1.82, 2.24) is 4.98 Å². The van der Waals surface area contributed by atoms with Crippen LogP contribution in [-0.2, 0) is 11.2 Å². The van der Waals surface area contributed by atoms with Crippen LogP contribution in [0.25, 0.3) is 0 Å². The summed E-state index contributed by atoms with van der Waals surface area (Å²) in [5.74, 6) is 1.69. The van der Waals surface area contributed by atoms with E-state index in [1.807, 2.05) is 48.7 Å². The average molecular weight is 466 g/mol. The highest BCUT2D eigenvalue weighted by Gasteiger charge is 2.38. The smallest absolute Gasteiger partial charge is 0.130 e. The van der Waals surface area contributed by atoms with Gasteiger partial charge in [0.15, 0.2) is 0 Å². The summed E-state index contributed by atoms with van der Waals surface area (Å²) >= 11 is 0. The number of morpholine rings is 1. The molecule has 0 spiro atoms. The number of nitrogens with one attached hydrogen (secondary N) is 2. The molecule has 3 atom stereocenters. The van der Waals surface area contributed by atoms with Gasteiger partial charge in [-0.05, 0) is 60.7 Å². The number of piperidine rings is 1. The van der Waals surface area contributed by atoms with Gasteiger partial charge in [-0.2, -0.15) is 5.26 Å². The van der Waals surface area contributed by atoms with E-state index in [0.29, 0.717) is 17.8 Å². The predicted octanol–water partition coefficient (Wildman–Crippen LogP) is 5.13. The van der Waals surface area contributed by atoms with Crippen LogP contribution in [0, 0.1) is 16.7 Å². The Morgan fingerprint density at radius 2 is 2.00 bits per heavy atom. The van der Waals surface area contributed by atoms with Crippen LogP contribution in [0.1, 0.15) is 47.6 Å². The number of hydrogen-bond acceptors (Lipinski definition) is 7. The topological polar surface area (TPSA) is 94.3 Å². The maximum atomic E-state index is 9.23. The first-order valence-corrected chi connectivity index (χ1v) is 12.2. The number of hydrogen-bond donors (Lipinski definition) is 2. The predicted molar refractivity (Wildman–Crippen MR) is 135 cm³/mol. The van der Waals surface area contributed by atoms with Gasteiger partial charge in [-0.25, -0.2) is 4.98 Å². The summed E-state index contributed by atoms with van der Waals surface area (Å²) in [4.78, 5) is 6.85. The number of pyridine rings is 1. The normalized spacial score (nSPS) is 22.4. The van der Waals surface area contributed by atoms with Crippen molar-refractivity contribution in [3.8, 4) is 11.8 Å². The molecule has 3 fully saturated rings. The van der Waals surface area contributed by atoms with Crippen LogP contribution >= 0.6 is 0 Å². The molecule has 0 radical (unpaired) electrons. The van der Waals surface area contributed by atoms with E-state index >= 15 is 0 Å². The fourth-order valence-corrected chi connectivity index (χ4v) is 5.34. The Bertz CT molecular complexity index is 1300. The molecular formula is C28H27N5O2. The van der Waals surface area contributed by atoms with Gasteiger partial charge in [0.1, 0.15) is 17.7 Å². The van der Waals surface area contributed by atoms with Crippen LogP contribution in [0.15, 0.2) is 54.7 Å². The van der Waals surface area contributed by atoms with E-state index in [-0.39, 0.29) is 6.10 Å². The molecule has 7 rings (SSSR count). The molecule has 1 aliphatic carbocycles. The highest BCUT2D eigenvalue weighted by molar-refractivity contribution is 5.88. The van der Waals surface area contributed by atoms with Gasteiger partial charge in [-0.15, -0.1) is 0 Å². The van der Waals surface area contributed by atoms with Gasteiger partial charge in [0.05, 0.1) is 29.5 Å². The van der Waals surface area contributed by atoms with Crippen LogP contribution in [0.4, 0.5) is 17.2 Å². The van der Waals surface area contributed by atoms with Gasteiger partial charge < -0.3 is 25.1 Å². The lowest BCUT2D eigenvalue weighted by atomic mass is 9.88. The van der Waals surface area contributed by atoms with E-state index in [0.717, 1.165) is 72.8 Å². The molecule has 0 saturated carbocycles. The third-order valence-electron chi connectivity index (χ3n) is 7.10. The van der Waals surface area contributed by atoms with Gasteiger partial charge in [0.25, 0.3) is 0 Å². The van der Waals surface area contributed by atoms with Crippen molar-refractivity contribution in [2.24, 2.45) is 0 Å². The zero-order valence-electron chi connectivity index (χ0n) is 19.4. The Morgan fingerprint density at radius 1 is 1.14 bits per heavy atom. The maximum Gasteiger partial charge on any atom is 0.130 e. The summed E-state index contributed by atoms with van der Waals surface area (Å²) in [5, 5.41) is 20.6. The minimum absolute atomic E-state index is 0.0505. The number of nitrogens with zero attached hydrogens (tertiary/aromatic N) is 3. The van der Waals surface area contributed by atoms with Gasteiger partial charge >= 0.3 is 0 Å². The number of benzene rings is 2. The first-order chi connectivity index (χ1) is 17.2. The van der Waals surface area contributed by atoms with E-state index in [9.17, 15) is 5.26 Å². The first kappa shape index (κ1) is 21.6. The summed E-state index contributed by atoms with van der Waals surface area (Å²) in [5.41, 5.74) is 5.56. The molecule has 7 nitrogen and oxygen atoms in total. The molecule has 3 saturated heterocycles. The quantitative estimate of drug-likeness (QED) is 0.490. The highest BCUT2D eigenvalue weighted by atomic mass is 16.5. The van der Waals surface area contributed by atoms with Crippen molar-refractivity contribution in [2.75, 3.05) is 23.3 Å². The molecule has 3 aromatic rings. The van der Waals surface area contributed by atoms with E-state index < -0.39 is 0 Å². The highest BCUT2D eigenvalue weighted by Crippen LogP contribution is 2.36. The summed E-state index contributed by atoms with van der Waals surface area (Å²) in [6.07, 6.45) is 7.84. The minimum Gasteiger partial charge on any atom is -0.486 e. The minimum atomic E-state index is -0.0505. The van der Waals surface area contributed by atoms with Crippen LogP contribution in [0.5, 0.6) is 5.75 Å². The van der Waals surface area contributed by atoms with Gasteiger partial charge in [0.2, 0.25) is 0 Å². The Balaban J connectivity index is 1.22. The number of aryl methyl sites for hydroxylation is 1. The second-order valence-corrected chi connectivity index (χ2v) is 9.47. The molecule has 4 heterocycles.